The fraction of sp³-hybridized carbons (Fsp3) is 0.375. The summed E-state index contributed by atoms with van der Waals surface area (Å²) >= 11 is 0. The molecule has 0 aliphatic carbocycles. The zero-order valence-corrected chi connectivity index (χ0v) is 12.0. The number of aryl methyl sites for hydroxylation is 1. The van der Waals surface area contributed by atoms with Crippen LogP contribution in [0.2, 0.25) is 0 Å². The Morgan fingerprint density at radius 3 is 2.95 bits per heavy atom. The molecule has 1 aromatic heterocycles. The second-order valence-corrected chi connectivity index (χ2v) is 5.24. The van der Waals surface area contributed by atoms with E-state index in [1.165, 1.54) is 6.33 Å². The quantitative estimate of drug-likeness (QED) is 0.922. The minimum atomic E-state index is -0.512. The molecule has 110 valence electrons. The van der Waals surface area contributed by atoms with Gasteiger partial charge in [-0.15, -0.1) is 0 Å². The first kappa shape index (κ1) is 13.9. The number of fused-ring (bicyclic) bond motifs is 1. The van der Waals surface area contributed by atoms with E-state index in [9.17, 15) is 9.50 Å². The number of aromatic nitrogens is 2. The highest BCUT2D eigenvalue weighted by atomic mass is 19.1. The minimum absolute atomic E-state index is 0.325. The van der Waals surface area contributed by atoms with Crippen LogP contribution in [0.15, 0.2) is 30.6 Å². The third-order valence-electron chi connectivity index (χ3n) is 3.93. The molecule has 0 fully saturated rings. The number of aliphatic hydroxyl groups excluding tert-OH is 1. The van der Waals surface area contributed by atoms with Gasteiger partial charge in [0.1, 0.15) is 6.33 Å². The number of benzene rings is 1. The van der Waals surface area contributed by atoms with Crippen molar-refractivity contribution >= 4 is 5.82 Å². The summed E-state index contributed by atoms with van der Waals surface area (Å²) < 4.78 is 14.4. The van der Waals surface area contributed by atoms with Crippen molar-refractivity contribution in [3.05, 3.63) is 53.2 Å². The van der Waals surface area contributed by atoms with Gasteiger partial charge in [-0.1, -0.05) is 31.2 Å². The Bertz CT molecular complexity index is 647. The van der Waals surface area contributed by atoms with Crippen molar-refractivity contribution in [1.29, 1.82) is 0 Å². The molecule has 0 saturated heterocycles. The minimum Gasteiger partial charge on any atom is -0.388 e. The van der Waals surface area contributed by atoms with Gasteiger partial charge in [-0.25, -0.2) is 14.4 Å². The average molecular weight is 287 g/mol. The molecular weight excluding hydrogens is 269 g/mol. The van der Waals surface area contributed by atoms with E-state index in [1.807, 2.05) is 36.1 Å². The number of nitrogens with zero attached hydrogens (tertiary/aromatic N) is 3. The predicted octanol–water partition coefficient (Wildman–Crippen LogP) is 2.62. The van der Waals surface area contributed by atoms with Crippen molar-refractivity contribution < 1.29 is 9.50 Å². The largest absolute Gasteiger partial charge is 0.388 e. The monoisotopic (exact) mass is 287 g/mol. The van der Waals surface area contributed by atoms with Crippen LogP contribution >= 0.6 is 0 Å². The second kappa shape index (κ2) is 5.77. The molecule has 0 bridgehead atoms. The summed E-state index contributed by atoms with van der Waals surface area (Å²) in [4.78, 5) is 9.96. The average Bonchev–Trinajstić information content (AvgIpc) is 2.67. The lowest BCUT2D eigenvalue weighted by molar-refractivity contribution is 0.171. The van der Waals surface area contributed by atoms with Crippen molar-refractivity contribution in [2.75, 3.05) is 11.4 Å². The van der Waals surface area contributed by atoms with Crippen molar-refractivity contribution in [2.24, 2.45) is 0 Å². The van der Waals surface area contributed by atoms with Gasteiger partial charge in [-0.3, -0.25) is 0 Å². The first-order chi connectivity index (χ1) is 10.2. The van der Waals surface area contributed by atoms with Crippen LogP contribution in [-0.4, -0.2) is 21.6 Å². The van der Waals surface area contributed by atoms with E-state index < -0.39 is 6.10 Å². The summed E-state index contributed by atoms with van der Waals surface area (Å²) in [6, 6.07) is 7.75. The molecule has 5 heteroatoms. The van der Waals surface area contributed by atoms with E-state index >= 15 is 0 Å². The van der Waals surface area contributed by atoms with Crippen LogP contribution < -0.4 is 4.90 Å². The first-order valence-electron chi connectivity index (χ1n) is 7.21. The number of halogens is 1. The molecule has 0 radical (unpaired) electrons. The molecule has 3 rings (SSSR count). The molecule has 21 heavy (non-hydrogen) atoms. The van der Waals surface area contributed by atoms with Gasteiger partial charge < -0.3 is 10.0 Å². The Hall–Kier alpha value is -2.01. The maximum Gasteiger partial charge on any atom is 0.187 e. The van der Waals surface area contributed by atoms with Crippen molar-refractivity contribution in [2.45, 2.75) is 32.4 Å². The number of rotatable bonds is 2. The van der Waals surface area contributed by atoms with Crippen LogP contribution in [0.1, 0.15) is 36.3 Å². The Morgan fingerprint density at radius 2 is 2.14 bits per heavy atom. The molecule has 4 nitrogen and oxygen atoms in total. The molecule has 1 N–H and O–H groups in total. The maximum absolute atomic E-state index is 14.4. The zero-order valence-electron chi connectivity index (χ0n) is 12.0. The first-order valence-corrected chi connectivity index (χ1v) is 7.21. The van der Waals surface area contributed by atoms with Gasteiger partial charge in [0, 0.05) is 13.1 Å². The van der Waals surface area contributed by atoms with Crippen LogP contribution in [0.25, 0.3) is 0 Å². The Kier molecular flexibility index (Phi) is 3.84. The highest BCUT2D eigenvalue weighted by molar-refractivity contribution is 5.44. The van der Waals surface area contributed by atoms with Crippen LogP contribution in [0.4, 0.5) is 10.2 Å². The topological polar surface area (TPSA) is 49.2 Å². The van der Waals surface area contributed by atoms with Gasteiger partial charge in [0.25, 0.3) is 0 Å². The fourth-order valence-electron chi connectivity index (χ4n) is 2.76. The van der Waals surface area contributed by atoms with Gasteiger partial charge in [-0.2, -0.15) is 0 Å². The lowest BCUT2D eigenvalue weighted by atomic mass is 10.0. The molecule has 0 spiro atoms. The van der Waals surface area contributed by atoms with Crippen LogP contribution in [0.3, 0.4) is 0 Å². The van der Waals surface area contributed by atoms with E-state index in [1.54, 1.807) is 0 Å². The SMILES string of the molecule is CCc1ncnc(N2CCC(O)c3ccccc3C2)c1F. The Labute approximate surface area is 123 Å². The van der Waals surface area contributed by atoms with E-state index in [2.05, 4.69) is 9.97 Å². The van der Waals surface area contributed by atoms with Crippen molar-refractivity contribution in [3.8, 4) is 0 Å². The molecule has 1 atom stereocenters. The van der Waals surface area contributed by atoms with E-state index in [4.69, 9.17) is 0 Å². The van der Waals surface area contributed by atoms with Crippen LogP contribution in [-0.2, 0) is 13.0 Å². The predicted molar refractivity (Wildman–Crippen MR) is 78.4 cm³/mol. The standard InChI is InChI=1S/C16H18FN3O/c1-2-13-15(17)16(19-10-18-13)20-8-7-14(21)12-6-4-3-5-11(12)9-20/h3-6,10,14,21H,2,7-9H2,1H3. The molecule has 2 aromatic rings. The summed E-state index contributed by atoms with van der Waals surface area (Å²) in [6.07, 6.45) is 1.99. The van der Waals surface area contributed by atoms with Gasteiger partial charge >= 0.3 is 0 Å². The molecule has 1 aliphatic heterocycles. The molecular formula is C16H18FN3O. The van der Waals surface area contributed by atoms with Crippen LogP contribution in [0.5, 0.6) is 0 Å². The summed E-state index contributed by atoms with van der Waals surface area (Å²) in [7, 11) is 0. The van der Waals surface area contributed by atoms with Crippen molar-refractivity contribution in [3.63, 3.8) is 0 Å². The summed E-state index contributed by atoms with van der Waals surface area (Å²) in [5.41, 5.74) is 2.36. The van der Waals surface area contributed by atoms with Crippen molar-refractivity contribution in [1.82, 2.24) is 9.97 Å². The van der Waals surface area contributed by atoms with E-state index in [0.29, 0.717) is 37.4 Å². The molecule has 1 unspecified atom stereocenters. The lowest BCUT2D eigenvalue weighted by Gasteiger charge is -2.22. The highest BCUT2D eigenvalue weighted by Gasteiger charge is 2.23. The molecule has 2 heterocycles. The van der Waals surface area contributed by atoms with Gasteiger partial charge in [0.15, 0.2) is 11.6 Å². The molecule has 0 amide bonds. The number of anilines is 1. The summed E-state index contributed by atoms with van der Waals surface area (Å²) in [6.45, 7) is 2.98. The Balaban J connectivity index is 1.98. The fourth-order valence-corrected chi connectivity index (χ4v) is 2.76. The van der Waals surface area contributed by atoms with Gasteiger partial charge in [0.2, 0.25) is 0 Å². The Morgan fingerprint density at radius 1 is 1.33 bits per heavy atom. The molecule has 1 aliphatic rings. The van der Waals surface area contributed by atoms with Crippen LogP contribution in [0, 0.1) is 5.82 Å². The third kappa shape index (κ3) is 2.61. The van der Waals surface area contributed by atoms with Gasteiger partial charge in [-0.05, 0) is 24.0 Å². The number of aliphatic hydroxyl groups is 1. The smallest absolute Gasteiger partial charge is 0.187 e. The highest BCUT2D eigenvalue weighted by Crippen LogP contribution is 2.29. The number of hydrogen-bond acceptors (Lipinski definition) is 4. The normalized spacial score (nSPS) is 18.2. The summed E-state index contributed by atoms with van der Waals surface area (Å²) in [5, 5.41) is 10.2. The maximum atomic E-state index is 14.4. The van der Waals surface area contributed by atoms with E-state index in [-0.39, 0.29) is 5.82 Å². The van der Waals surface area contributed by atoms with E-state index in [0.717, 1.165) is 11.1 Å². The lowest BCUT2D eigenvalue weighted by Crippen LogP contribution is -2.25. The molecule has 0 saturated carbocycles. The van der Waals surface area contributed by atoms with Gasteiger partial charge in [0.05, 0.1) is 11.8 Å². The number of hydrogen-bond donors (Lipinski definition) is 1. The zero-order chi connectivity index (χ0) is 14.8. The third-order valence-corrected chi connectivity index (χ3v) is 3.93. The second-order valence-electron chi connectivity index (χ2n) is 5.24. The molecule has 1 aromatic carbocycles. The summed E-state index contributed by atoms with van der Waals surface area (Å²) in [5.74, 6) is -0.0281.